The number of Topliss-reactive ketones (excluding diaryl/α,β-unsaturated/α-hetero) is 2. The van der Waals surface area contributed by atoms with E-state index in [4.69, 9.17) is 0 Å². The van der Waals surface area contributed by atoms with Crippen molar-refractivity contribution in [2.24, 2.45) is 0 Å². The average Bonchev–Trinajstić information content (AvgIpc) is 3.30. The summed E-state index contributed by atoms with van der Waals surface area (Å²) in [5.41, 5.74) is 0. The van der Waals surface area contributed by atoms with Crippen molar-refractivity contribution in [2.75, 3.05) is 0 Å². The summed E-state index contributed by atoms with van der Waals surface area (Å²) in [6.07, 6.45) is 8.04. The Hall–Kier alpha value is -2.52. The fraction of sp³-hybridized carbons (Fsp3) is 0.733. The van der Waals surface area contributed by atoms with Crippen molar-refractivity contribution in [2.45, 2.75) is 70.9 Å². The van der Waals surface area contributed by atoms with Crippen molar-refractivity contribution in [1.29, 1.82) is 0 Å². The van der Waals surface area contributed by atoms with E-state index in [1.807, 2.05) is 0 Å². The first-order valence-electron chi connectivity index (χ1n) is 8.65. The van der Waals surface area contributed by atoms with Crippen LogP contribution in [0.1, 0.15) is 64.3 Å². The van der Waals surface area contributed by atoms with Gasteiger partial charge in [0.25, 0.3) is 0 Å². The monoisotopic (exact) mass is 348 g/mol. The maximum Gasteiger partial charge on any atom is 0.138 e. The molecule has 0 amide bonds. The third-order valence-electron chi connectivity index (χ3n) is 4.01. The zero-order chi connectivity index (χ0) is 17.9. The molecule has 0 aliphatic heterocycles. The second-order valence-corrected chi connectivity index (χ2v) is 6.04. The fourth-order valence-electron chi connectivity index (χ4n) is 2.57. The van der Waals surface area contributed by atoms with Crippen LogP contribution in [0, 0.1) is 0 Å². The van der Waals surface area contributed by atoms with Gasteiger partial charge in [-0.2, -0.15) is 0 Å². The lowest BCUT2D eigenvalue weighted by atomic mass is 10.0. The molecule has 2 heterocycles. The topological polar surface area (TPSA) is 121 Å². The van der Waals surface area contributed by atoms with Gasteiger partial charge in [0.1, 0.15) is 24.2 Å². The van der Waals surface area contributed by atoms with Crippen LogP contribution < -0.4 is 0 Å². The molecule has 10 nitrogen and oxygen atoms in total. The van der Waals surface area contributed by atoms with Crippen LogP contribution in [0.3, 0.4) is 0 Å². The molecule has 0 bridgehead atoms. The van der Waals surface area contributed by atoms with Gasteiger partial charge < -0.3 is 0 Å². The van der Waals surface area contributed by atoms with E-state index >= 15 is 0 Å². The molecule has 10 heteroatoms. The minimum atomic E-state index is -0.150. The first-order chi connectivity index (χ1) is 12.2. The number of carbonyl (C=O) groups excluding carboxylic acids is 2. The Morgan fingerprint density at radius 1 is 0.960 bits per heavy atom. The Balaban J connectivity index is 1.78. The molecule has 0 saturated carbocycles. The summed E-state index contributed by atoms with van der Waals surface area (Å²) in [6, 6.07) is -0.150. The average molecular weight is 348 g/mol. The summed E-state index contributed by atoms with van der Waals surface area (Å²) in [6.45, 7) is 2.63. The lowest BCUT2D eigenvalue weighted by Crippen LogP contribution is -2.17. The molecular weight excluding hydrogens is 324 g/mol. The first kappa shape index (κ1) is 18.8. The highest BCUT2D eigenvalue weighted by atomic mass is 16.1. The van der Waals surface area contributed by atoms with Crippen LogP contribution >= 0.6 is 0 Å². The lowest BCUT2D eigenvalue weighted by molar-refractivity contribution is -0.120. The van der Waals surface area contributed by atoms with Crippen molar-refractivity contribution in [3.63, 3.8) is 0 Å². The number of rotatable bonds is 13. The molecule has 136 valence electrons. The number of unbranched alkanes of at least 4 members (excludes halogenated alkanes) is 1. The summed E-state index contributed by atoms with van der Waals surface area (Å²) in [5.74, 6) is 0.353. The SMILES string of the molecule is CCCCC(=O)CCCC(=O)CC(CCn1cnnn1)n1cnnn1. The summed E-state index contributed by atoms with van der Waals surface area (Å²) in [4.78, 5) is 23.9. The lowest BCUT2D eigenvalue weighted by Gasteiger charge is -2.15. The third-order valence-corrected chi connectivity index (χ3v) is 4.01. The number of hydrogen-bond donors (Lipinski definition) is 0. The third kappa shape index (κ3) is 6.86. The van der Waals surface area contributed by atoms with Gasteiger partial charge in [0, 0.05) is 32.2 Å². The highest BCUT2D eigenvalue weighted by Crippen LogP contribution is 2.17. The van der Waals surface area contributed by atoms with Crippen molar-refractivity contribution in [1.82, 2.24) is 40.4 Å². The Bertz CT molecular complexity index is 626. The van der Waals surface area contributed by atoms with Crippen LogP contribution in [0.4, 0.5) is 0 Å². The van der Waals surface area contributed by atoms with Crippen molar-refractivity contribution in [3.05, 3.63) is 12.7 Å². The standard InChI is InChI=1S/C15H24N8O2/c1-2-3-5-14(24)6-4-7-15(25)10-13(23-12-17-19-21-23)8-9-22-11-16-18-20-22/h11-13H,2-10H2,1H3. The minimum absolute atomic E-state index is 0.112. The molecule has 25 heavy (non-hydrogen) atoms. The molecule has 0 fully saturated rings. The van der Waals surface area contributed by atoms with Crippen LogP contribution in [0.2, 0.25) is 0 Å². The molecule has 0 radical (unpaired) electrons. The quantitative estimate of drug-likeness (QED) is 0.529. The number of tetrazole rings is 2. The molecule has 0 aliphatic carbocycles. The second-order valence-electron chi connectivity index (χ2n) is 6.04. The fourth-order valence-corrected chi connectivity index (χ4v) is 2.57. The smallest absolute Gasteiger partial charge is 0.138 e. The van der Waals surface area contributed by atoms with Gasteiger partial charge >= 0.3 is 0 Å². The van der Waals surface area contributed by atoms with Gasteiger partial charge in [-0.05, 0) is 40.1 Å². The van der Waals surface area contributed by atoms with Gasteiger partial charge in [0.2, 0.25) is 0 Å². The maximum atomic E-state index is 12.3. The van der Waals surface area contributed by atoms with Crippen LogP contribution in [0.15, 0.2) is 12.7 Å². The molecule has 2 aromatic rings. The number of carbonyl (C=O) groups is 2. The Labute approximate surface area is 146 Å². The first-order valence-corrected chi connectivity index (χ1v) is 8.65. The van der Waals surface area contributed by atoms with Gasteiger partial charge in [-0.3, -0.25) is 9.59 Å². The highest BCUT2D eigenvalue weighted by Gasteiger charge is 2.17. The number of aromatic nitrogens is 8. The van der Waals surface area contributed by atoms with Crippen molar-refractivity contribution in [3.8, 4) is 0 Å². The van der Waals surface area contributed by atoms with Crippen LogP contribution in [0.5, 0.6) is 0 Å². The second kappa shape index (κ2) is 10.4. The summed E-state index contributed by atoms with van der Waals surface area (Å²) < 4.78 is 3.20. The number of hydrogen-bond acceptors (Lipinski definition) is 8. The van der Waals surface area contributed by atoms with Gasteiger partial charge in [0.05, 0.1) is 6.04 Å². The van der Waals surface area contributed by atoms with E-state index in [1.54, 1.807) is 9.36 Å². The summed E-state index contributed by atoms with van der Waals surface area (Å²) >= 11 is 0. The normalized spacial score (nSPS) is 12.2. The summed E-state index contributed by atoms with van der Waals surface area (Å²) in [5, 5.41) is 22.2. The van der Waals surface area contributed by atoms with E-state index in [9.17, 15) is 9.59 Å². The molecule has 0 aliphatic rings. The van der Waals surface area contributed by atoms with Crippen molar-refractivity contribution >= 4 is 11.6 Å². The predicted molar refractivity (Wildman–Crippen MR) is 87.3 cm³/mol. The minimum Gasteiger partial charge on any atom is -0.300 e. The highest BCUT2D eigenvalue weighted by molar-refractivity contribution is 5.81. The van der Waals surface area contributed by atoms with E-state index in [0.717, 1.165) is 12.8 Å². The molecule has 2 rings (SSSR count). The summed E-state index contributed by atoms with van der Waals surface area (Å²) in [7, 11) is 0. The Kier molecular flexibility index (Phi) is 7.80. The Morgan fingerprint density at radius 3 is 2.36 bits per heavy atom. The van der Waals surface area contributed by atoms with Crippen LogP contribution in [-0.4, -0.2) is 52.0 Å². The van der Waals surface area contributed by atoms with E-state index in [1.165, 1.54) is 12.7 Å². The largest absolute Gasteiger partial charge is 0.300 e. The number of nitrogens with zero attached hydrogens (tertiary/aromatic N) is 8. The molecule has 1 atom stereocenters. The van der Waals surface area contributed by atoms with E-state index < -0.39 is 0 Å². The molecule has 0 saturated heterocycles. The molecule has 1 unspecified atom stereocenters. The Morgan fingerprint density at radius 2 is 1.68 bits per heavy atom. The van der Waals surface area contributed by atoms with E-state index in [0.29, 0.717) is 45.1 Å². The molecule has 0 aromatic carbocycles. The van der Waals surface area contributed by atoms with Crippen molar-refractivity contribution < 1.29 is 9.59 Å². The number of aryl methyl sites for hydroxylation is 1. The predicted octanol–water partition coefficient (Wildman–Crippen LogP) is 1.18. The van der Waals surface area contributed by atoms with E-state index in [2.05, 4.69) is 38.0 Å². The zero-order valence-corrected chi connectivity index (χ0v) is 14.5. The molecule has 0 N–H and O–H groups in total. The number of ketones is 2. The van der Waals surface area contributed by atoms with Crippen LogP contribution in [-0.2, 0) is 16.1 Å². The molecule has 2 aromatic heterocycles. The molecule has 0 spiro atoms. The van der Waals surface area contributed by atoms with Crippen LogP contribution in [0.25, 0.3) is 0 Å². The van der Waals surface area contributed by atoms with Gasteiger partial charge in [-0.25, -0.2) is 9.36 Å². The zero-order valence-electron chi connectivity index (χ0n) is 14.5. The van der Waals surface area contributed by atoms with Gasteiger partial charge in [0.15, 0.2) is 0 Å². The maximum absolute atomic E-state index is 12.3. The molecular formula is C15H24N8O2. The van der Waals surface area contributed by atoms with Gasteiger partial charge in [-0.15, -0.1) is 10.2 Å². The van der Waals surface area contributed by atoms with E-state index in [-0.39, 0.29) is 17.6 Å². The van der Waals surface area contributed by atoms with Gasteiger partial charge in [-0.1, -0.05) is 13.3 Å².